The molecule has 3 heterocycles. The van der Waals surface area contributed by atoms with Crippen molar-refractivity contribution in [2.24, 2.45) is 0 Å². The molecular formula is C19H26N4O3S. The molecule has 2 aromatic rings. The second-order valence-corrected chi connectivity index (χ2v) is 8.60. The van der Waals surface area contributed by atoms with E-state index in [4.69, 9.17) is 10.1 Å². The van der Waals surface area contributed by atoms with Gasteiger partial charge in [-0.3, -0.25) is 14.5 Å². The van der Waals surface area contributed by atoms with E-state index in [1.165, 1.54) is 16.9 Å². The van der Waals surface area contributed by atoms with Gasteiger partial charge in [-0.15, -0.1) is 11.3 Å². The van der Waals surface area contributed by atoms with Crippen molar-refractivity contribution in [1.82, 2.24) is 19.8 Å². The number of hydrogen-bond donors (Lipinski definition) is 2. The van der Waals surface area contributed by atoms with E-state index in [1.54, 1.807) is 11.3 Å². The molecule has 146 valence electrons. The standard InChI is InChI=1S/C19H26N4O3S/c24-16(25)6-3-7-22-8-10-23(11-9-22)12-15-20-18(26)17-13-4-1-2-5-14(13)27-19(17)21-15/h1-12H2,(H,24,25)(H,20,21,26). The Hall–Kier alpha value is -1.77. The first-order chi connectivity index (χ1) is 13.1. The zero-order valence-corrected chi connectivity index (χ0v) is 16.3. The van der Waals surface area contributed by atoms with Gasteiger partial charge in [-0.05, 0) is 44.2 Å². The van der Waals surface area contributed by atoms with E-state index in [0.717, 1.165) is 68.0 Å². The van der Waals surface area contributed by atoms with Crippen LogP contribution in [0, 0.1) is 0 Å². The van der Waals surface area contributed by atoms with Crippen molar-refractivity contribution >= 4 is 27.5 Å². The summed E-state index contributed by atoms with van der Waals surface area (Å²) in [5.41, 5.74) is 1.25. The molecule has 1 aliphatic heterocycles. The van der Waals surface area contributed by atoms with Crippen LogP contribution in [0.25, 0.3) is 10.2 Å². The number of carboxylic acids is 1. The third kappa shape index (κ3) is 4.23. The molecule has 1 aliphatic carbocycles. The van der Waals surface area contributed by atoms with Crippen molar-refractivity contribution < 1.29 is 9.90 Å². The molecule has 0 unspecified atom stereocenters. The van der Waals surface area contributed by atoms with Crippen LogP contribution in [-0.4, -0.2) is 63.6 Å². The van der Waals surface area contributed by atoms with E-state index in [2.05, 4.69) is 14.8 Å². The highest BCUT2D eigenvalue weighted by Gasteiger charge is 2.21. The number of aromatic nitrogens is 2. The molecule has 27 heavy (non-hydrogen) atoms. The van der Waals surface area contributed by atoms with Gasteiger partial charge in [0.05, 0.1) is 11.9 Å². The number of thiophene rings is 1. The number of aliphatic carboxylic acids is 1. The maximum atomic E-state index is 12.6. The highest BCUT2D eigenvalue weighted by atomic mass is 32.1. The van der Waals surface area contributed by atoms with Crippen LogP contribution in [0.1, 0.15) is 41.9 Å². The maximum Gasteiger partial charge on any atom is 0.303 e. The lowest BCUT2D eigenvalue weighted by molar-refractivity contribution is -0.137. The summed E-state index contributed by atoms with van der Waals surface area (Å²) >= 11 is 1.70. The largest absolute Gasteiger partial charge is 0.481 e. The van der Waals surface area contributed by atoms with Crippen molar-refractivity contribution in [3.05, 3.63) is 26.6 Å². The molecule has 0 spiro atoms. The third-order valence-corrected chi connectivity index (χ3v) is 6.76. The summed E-state index contributed by atoms with van der Waals surface area (Å²) in [6, 6.07) is 0. The molecule has 7 nitrogen and oxygen atoms in total. The fourth-order valence-electron chi connectivity index (χ4n) is 4.12. The van der Waals surface area contributed by atoms with Crippen LogP contribution in [-0.2, 0) is 24.2 Å². The SMILES string of the molecule is O=C(O)CCCN1CCN(Cc2nc3sc4c(c3c(=O)[nH]2)CCCC4)CC1. The number of nitrogens with one attached hydrogen (secondary N) is 1. The van der Waals surface area contributed by atoms with Gasteiger partial charge >= 0.3 is 5.97 Å². The Labute approximate surface area is 162 Å². The molecular weight excluding hydrogens is 364 g/mol. The molecule has 0 saturated carbocycles. The van der Waals surface area contributed by atoms with Crippen LogP contribution >= 0.6 is 11.3 Å². The van der Waals surface area contributed by atoms with E-state index in [1.807, 2.05) is 0 Å². The number of H-pyrrole nitrogens is 1. The first-order valence-electron chi connectivity index (χ1n) is 9.80. The summed E-state index contributed by atoms with van der Waals surface area (Å²) in [6.07, 6.45) is 5.39. The van der Waals surface area contributed by atoms with Crippen LogP contribution in [0.15, 0.2) is 4.79 Å². The van der Waals surface area contributed by atoms with Gasteiger partial charge in [0.2, 0.25) is 0 Å². The molecule has 0 aromatic carbocycles. The third-order valence-electron chi connectivity index (χ3n) is 5.58. The summed E-state index contributed by atoms with van der Waals surface area (Å²) in [4.78, 5) is 37.9. The van der Waals surface area contributed by atoms with Crippen molar-refractivity contribution in [3.8, 4) is 0 Å². The number of carboxylic acid groups (broad SMARTS) is 1. The van der Waals surface area contributed by atoms with Gasteiger partial charge in [-0.1, -0.05) is 0 Å². The summed E-state index contributed by atoms with van der Waals surface area (Å²) < 4.78 is 0. The Morgan fingerprint density at radius 1 is 1.15 bits per heavy atom. The van der Waals surface area contributed by atoms with Crippen LogP contribution < -0.4 is 5.56 Å². The molecule has 2 aliphatic rings. The van der Waals surface area contributed by atoms with E-state index >= 15 is 0 Å². The number of nitrogens with zero attached hydrogens (tertiary/aromatic N) is 3. The molecule has 2 aromatic heterocycles. The van der Waals surface area contributed by atoms with Gasteiger partial charge in [0.25, 0.3) is 5.56 Å². The van der Waals surface area contributed by atoms with Gasteiger partial charge in [-0.25, -0.2) is 4.98 Å². The van der Waals surface area contributed by atoms with Crippen molar-refractivity contribution in [3.63, 3.8) is 0 Å². The molecule has 0 amide bonds. The van der Waals surface area contributed by atoms with Crippen LogP contribution in [0.3, 0.4) is 0 Å². The number of fused-ring (bicyclic) bond motifs is 3. The van der Waals surface area contributed by atoms with Gasteiger partial charge in [0, 0.05) is 37.5 Å². The van der Waals surface area contributed by atoms with E-state index in [0.29, 0.717) is 13.0 Å². The molecule has 0 atom stereocenters. The number of aromatic amines is 1. The van der Waals surface area contributed by atoms with Gasteiger partial charge in [-0.2, -0.15) is 0 Å². The minimum atomic E-state index is -0.727. The molecule has 2 N–H and O–H groups in total. The Kier molecular flexibility index (Phi) is 5.56. The first kappa shape index (κ1) is 18.6. The van der Waals surface area contributed by atoms with Crippen molar-refractivity contribution in [2.75, 3.05) is 32.7 Å². The quantitative estimate of drug-likeness (QED) is 0.782. The van der Waals surface area contributed by atoms with Crippen LogP contribution in [0.5, 0.6) is 0 Å². The number of carbonyl (C=O) groups is 1. The monoisotopic (exact) mass is 390 g/mol. The van der Waals surface area contributed by atoms with Gasteiger partial charge in [0.15, 0.2) is 0 Å². The lowest BCUT2D eigenvalue weighted by Crippen LogP contribution is -2.46. The number of hydrogen-bond acceptors (Lipinski definition) is 6. The Balaban J connectivity index is 1.38. The molecule has 0 radical (unpaired) electrons. The summed E-state index contributed by atoms with van der Waals surface area (Å²) in [6.45, 7) is 5.18. The highest BCUT2D eigenvalue weighted by Crippen LogP contribution is 2.33. The van der Waals surface area contributed by atoms with Crippen LogP contribution in [0.4, 0.5) is 0 Å². The van der Waals surface area contributed by atoms with Gasteiger partial charge in [0.1, 0.15) is 10.7 Å². The molecule has 1 fully saturated rings. The average Bonchev–Trinajstić information content (AvgIpc) is 3.01. The zero-order chi connectivity index (χ0) is 18.8. The fraction of sp³-hybridized carbons (Fsp3) is 0.632. The topological polar surface area (TPSA) is 89.5 Å². The van der Waals surface area contributed by atoms with E-state index < -0.39 is 5.97 Å². The lowest BCUT2D eigenvalue weighted by atomic mass is 9.97. The zero-order valence-electron chi connectivity index (χ0n) is 15.5. The lowest BCUT2D eigenvalue weighted by Gasteiger charge is -2.34. The smallest absolute Gasteiger partial charge is 0.303 e. The Morgan fingerprint density at radius 3 is 2.67 bits per heavy atom. The maximum absolute atomic E-state index is 12.6. The molecule has 1 saturated heterocycles. The van der Waals surface area contributed by atoms with Crippen molar-refractivity contribution in [2.45, 2.75) is 45.1 Å². The minimum Gasteiger partial charge on any atom is -0.481 e. The average molecular weight is 391 g/mol. The second kappa shape index (κ2) is 8.08. The van der Waals surface area contributed by atoms with Crippen LogP contribution in [0.2, 0.25) is 0 Å². The normalized spacial score (nSPS) is 18.7. The van der Waals surface area contributed by atoms with E-state index in [9.17, 15) is 9.59 Å². The molecule has 4 rings (SSSR count). The number of aryl methyl sites for hydroxylation is 2. The number of rotatable bonds is 6. The molecule has 0 bridgehead atoms. The Bertz CT molecular complexity index is 883. The Morgan fingerprint density at radius 2 is 1.89 bits per heavy atom. The predicted molar refractivity (Wildman–Crippen MR) is 105 cm³/mol. The second-order valence-electron chi connectivity index (χ2n) is 7.52. The summed E-state index contributed by atoms with van der Waals surface area (Å²) in [5, 5.41) is 9.56. The predicted octanol–water partition coefficient (Wildman–Crippen LogP) is 1.85. The van der Waals surface area contributed by atoms with Crippen molar-refractivity contribution in [1.29, 1.82) is 0 Å². The summed E-state index contributed by atoms with van der Waals surface area (Å²) in [5.74, 6) is 0.0275. The molecule has 8 heteroatoms. The van der Waals surface area contributed by atoms with Gasteiger partial charge < -0.3 is 15.0 Å². The van der Waals surface area contributed by atoms with E-state index in [-0.39, 0.29) is 12.0 Å². The number of piperazine rings is 1. The first-order valence-corrected chi connectivity index (χ1v) is 10.6. The highest BCUT2D eigenvalue weighted by molar-refractivity contribution is 7.18. The summed E-state index contributed by atoms with van der Waals surface area (Å²) in [7, 11) is 0. The minimum absolute atomic E-state index is 0.0155. The fourth-order valence-corrected chi connectivity index (χ4v) is 5.40.